The van der Waals surface area contributed by atoms with E-state index in [1.54, 1.807) is 18.5 Å². The zero-order valence-electron chi connectivity index (χ0n) is 17.7. The summed E-state index contributed by atoms with van der Waals surface area (Å²) in [7, 11) is 0. The summed E-state index contributed by atoms with van der Waals surface area (Å²) >= 11 is 0. The monoisotopic (exact) mass is 416 g/mol. The van der Waals surface area contributed by atoms with Crippen molar-refractivity contribution in [2.75, 3.05) is 26.2 Å². The standard InChI is InChI=1S/C23H24N6O2/c1-16-5-7-29-20(17(2)25-22(29)12-16)15-27-8-10-28(11-9-27)23(30)19-13-21(31-26-19)18-4-3-6-24-14-18/h3-7,12-14H,8-11,15H2,1-2H3. The van der Waals surface area contributed by atoms with Crippen molar-refractivity contribution in [2.45, 2.75) is 20.4 Å². The van der Waals surface area contributed by atoms with Crippen molar-refractivity contribution in [3.05, 3.63) is 71.6 Å². The van der Waals surface area contributed by atoms with Gasteiger partial charge in [0.05, 0.1) is 11.4 Å². The molecule has 0 atom stereocenters. The molecule has 1 aliphatic rings. The molecule has 0 unspecified atom stereocenters. The third-order valence-corrected chi connectivity index (χ3v) is 5.79. The summed E-state index contributed by atoms with van der Waals surface area (Å²) in [5.41, 5.74) is 5.58. The Morgan fingerprint density at radius 2 is 1.97 bits per heavy atom. The summed E-state index contributed by atoms with van der Waals surface area (Å²) in [5, 5.41) is 3.98. The van der Waals surface area contributed by atoms with E-state index in [1.165, 1.54) is 11.3 Å². The number of pyridine rings is 2. The van der Waals surface area contributed by atoms with Crippen LogP contribution in [0.3, 0.4) is 0 Å². The van der Waals surface area contributed by atoms with E-state index < -0.39 is 0 Å². The van der Waals surface area contributed by atoms with Gasteiger partial charge in [-0.2, -0.15) is 0 Å². The number of nitrogens with zero attached hydrogens (tertiary/aromatic N) is 6. The van der Waals surface area contributed by atoms with Gasteiger partial charge in [0.1, 0.15) is 5.65 Å². The minimum atomic E-state index is -0.0972. The number of hydrogen-bond acceptors (Lipinski definition) is 6. The molecule has 5 heterocycles. The summed E-state index contributed by atoms with van der Waals surface area (Å²) < 4.78 is 7.52. The van der Waals surface area contributed by atoms with Gasteiger partial charge in [0.25, 0.3) is 5.91 Å². The van der Waals surface area contributed by atoms with Crippen molar-refractivity contribution in [2.24, 2.45) is 0 Å². The number of aryl methyl sites for hydroxylation is 2. The largest absolute Gasteiger partial charge is 0.355 e. The Bertz CT molecular complexity index is 1220. The van der Waals surface area contributed by atoms with E-state index >= 15 is 0 Å². The first-order valence-electron chi connectivity index (χ1n) is 10.4. The Balaban J connectivity index is 1.23. The van der Waals surface area contributed by atoms with E-state index in [-0.39, 0.29) is 5.91 Å². The number of carbonyl (C=O) groups is 1. The number of amides is 1. The van der Waals surface area contributed by atoms with Crippen LogP contribution in [0.15, 0.2) is 53.4 Å². The van der Waals surface area contributed by atoms with E-state index in [0.717, 1.165) is 36.5 Å². The first-order chi connectivity index (χ1) is 15.1. The molecule has 158 valence electrons. The van der Waals surface area contributed by atoms with Crippen LogP contribution < -0.4 is 0 Å². The first kappa shape index (κ1) is 19.4. The van der Waals surface area contributed by atoms with Crippen molar-refractivity contribution >= 4 is 11.6 Å². The lowest BCUT2D eigenvalue weighted by molar-refractivity contribution is 0.0616. The van der Waals surface area contributed by atoms with Crippen LogP contribution in [0.25, 0.3) is 17.0 Å². The number of rotatable bonds is 4. The second-order valence-corrected chi connectivity index (χ2v) is 7.96. The molecule has 1 saturated heterocycles. The third-order valence-electron chi connectivity index (χ3n) is 5.79. The average molecular weight is 416 g/mol. The summed E-state index contributed by atoms with van der Waals surface area (Å²) in [6.07, 6.45) is 5.47. The van der Waals surface area contributed by atoms with E-state index in [1.807, 2.05) is 17.0 Å². The van der Waals surface area contributed by atoms with Gasteiger partial charge >= 0.3 is 0 Å². The molecule has 1 amide bonds. The summed E-state index contributed by atoms with van der Waals surface area (Å²) in [4.78, 5) is 25.9. The Morgan fingerprint density at radius 3 is 2.74 bits per heavy atom. The lowest BCUT2D eigenvalue weighted by atomic mass is 10.2. The van der Waals surface area contributed by atoms with Crippen LogP contribution in [0.2, 0.25) is 0 Å². The molecule has 0 saturated carbocycles. The highest BCUT2D eigenvalue weighted by atomic mass is 16.5. The molecule has 1 fully saturated rings. The summed E-state index contributed by atoms with van der Waals surface area (Å²) in [5.74, 6) is 0.452. The molecule has 0 bridgehead atoms. The van der Waals surface area contributed by atoms with Crippen LogP contribution in [-0.2, 0) is 6.54 Å². The van der Waals surface area contributed by atoms with Crippen LogP contribution in [0, 0.1) is 13.8 Å². The predicted octanol–water partition coefficient (Wildman–Crippen LogP) is 2.96. The molecule has 8 nitrogen and oxygen atoms in total. The lowest BCUT2D eigenvalue weighted by Crippen LogP contribution is -2.48. The van der Waals surface area contributed by atoms with Gasteiger partial charge in [-0.1, -0.05) is 5.16 Å². The molecule has 0 aliphatic carbocycles. The van der Waals surface area contributed by atoms with Crippen molar-refractivity contribution < 1.29 is 9.32 Å². The van der Waals surface area contributed by atoms with E-state index in [9.17, 15) is 4.79 Å². The van der Waals surface area contributed by atoms with Gasteiger partial charge in [0.2, 0.25) is 0 Å². The van der Waals surface area contributed by atoms with Crippen LogP contribution >= 0.6 is 0 Å². The van der Waals surface area contributed by atoms with Gasteiger partial charge in [0.15, 0.2) is 11.5 Å². The third kappa shape index (κ3) is 3.82. The maximum Gasteiger partial charge on any atom is 0.276 e. The highest BCUT2D eigenvalue weighted by molar-refractivity contribution is 5.93. The summed E-state index contributed by atoms with van der Waals surface area (Å²) in [6.45, 7) is 7.87. The molecule has 1 aliphatic heterocycles. The van der Waals surface area contributed by atoms with Gasteiger partial charge in [0, 0.05) is 62.9 Å². The minimum Gasteiger partial charge on any atom is -0.355 e. The van der Waals surface area contributed by atoms with Gasteiger partial charge in [-0.05, 0) is 43.7 Å². The van der Waals surface area contributed by atoms with Crippen LogP contribution in [0.4, 0.5) is 0 Å². The molecule has 8 heteroatoms. The zero-order valence-corrected chi connectivity index (χ0v) is 17.7. The molecule has 0 spiro atoms. The van der Waals surface area contributed by atoms with Crippen molar-refractivity contribution in [1.29, 1.82) is 0 Å². The van der Waals surface area contributed by atoms with Gasteiger partial charge < -0.3 is 13.8 Å². The topological polar surface area (TPSA) is 79.8 Å². The Labute approximate surface area is 180 Å². The Morgan fingerprint density at radius 1 is 1.13 bits per heavy atom. The van der Waals surface area contributed by atoms with Crippen LogP contribution in [0.5, 0.6) is 0 Å². The second-order valence-electron chi connectivity index (χ2n) is 7.96. The van der Waals surface area contributed by atoms with Crippen LogP contribution in [0.1, 0.15) is 27.4 Å². The normalized spacial score (nSPS) is 15.0. The van der Waals surface area contributed by atoms with E-state index in [2.05, 4.69) is 51.6 Å². The van der Waals surface area contributed by atoms with Crippen LogP contribution in [-0.4, -0.2) is 61.4 Å². The summed E-state index contributed by atoms with van der Waals surface area (Å²) in [6, 6.07) is 9.60. The van der Waals surface area contributed by atoms with Crippen molar-refractivity contribution in [1.82, 2.24) is 29.3 Å². The molecular weight excluding hydrogens is 392 g/mol. The maximum atomic E-state index is 12.9. The maximum absolute atomic E-state index is 12.9. The fourth-order valence-electron chi connectivity index (χ4n) is 4.01. The smallest absolute Gasteiger partial charge is 0.276 e. The zero-order chi connectivity index (χ0) is 21.4. The number of fused-ring (bicyclic) bond motifs is 1. The lowest BCUT2D eigenvalue weighted by Gasteiger charge is -2.34. The van der Waals surface area contributed by atoms with E-state index in [4.69, 9.17) is 9.51 Å². The fourth-order valence-corrected chi connectivity index (χ4v) is 4.01. The molecular formula is C23H24N6O2. The number of aromatic nitrogens is 4. The number of piperazine rings is 1. The van der Waals surface area contributed by atoms with Gasteiger partial charge in [-0.25, -0.2) is 4.98 Å². The molecule has 5 rings (SSSR count). The van der Waals surface area contributed by atoms with E-state index in [0.29, 0.717) is 24.5 Å². The highest BCUT2D eigenvalue weighted by Crippen LogP contribution is 2.21. The molecule has 0 N–H and O–H groups in total. The second kappa shape index (κ2) is 7.96. The number of imidazole rings is 1. The first-order valence-corrected chi connectivity index (χ1v) is 10.4. The molecule has 4 aromatic heterocycles. The number of hydrogen-bond donors (Lipinski definition) is 0. The molecule has 4 aromatic rings. The molecule has 0 radical (unpaired) electrons. The highest BCUT2D eigenvalue weighted by Gasteiger charge is 2.25. The van der Waals surface area contributed by atoms with Crippen molar-refractivity contribution in [3.63, 3.8) is 0 Å². The molecule has 0 aromatic carbocycles. The average Bonchev–Trinajstić information content (AvgIpc) is 3.39. The Hall–Kier alpha value is -3.52. The predicted molar refractivity (Wildman–Crippen MR) is 116 cm³/mol. The van der Waals surface area contributed by atoms with Gasteiger partial charge in [-0.15, -0.1) is 0 Å². The fraction of sp³-hybridized carbons (Fsp3) is 0.304. The molecule has 31 heavy (non-hydrogen) atoms. The van der Waals surface area contributed by atoms with Gasteiger partial charge in [-0.3, -0.25) is 14.7 Å². The Kier molecular flexibility index (Phi) is 4.99. The van der Waals surface area contributed by atoms with Crippen molar-refractivity contribution in [3.8, 4) is 11.3 Å². The number of carbonyl (C=O) groups excluding carboxylic acids is 1. The minimum absolute atomic E-state index is 0.0972. The SMILES string of the molecule is Cc1ccn2c(CN3CCN(C(=O)c4cc(-c5cccnc5)on4)CC3)c(C)nc2c1. The quantitative estimate of drug-likeness (QED) is 0.509.